The molecule has 0 unspecified atom stereocenters. The molecule has 1 aliphatic rings. The summed E-state index contributed by atoms with van der Waals surface area (Å²) in [6.07, 6.45) is 8.24. The number of rotatable bonds is 4. The third-order valence-electron chi connectivity index (χ3n) is 3.10. The number of aromatic amines is 1. The topological polar surface area (TPSA) is 27.8 Å². The maximum absolute atomic E-state index is 3.51. The lowest BCUT2D eigenvalue weighted by Crippen LogP contribution is -2.36. The van der Waals surface area contributed by atoms with Crippen LogP contribution in [0.3, 0.4) is 0 Å². The van der Waals surface area contributed by atoms with E-state index in [1.54, 1.807) is 0 Å². The number of hydrogen-bond acceptors (Lipinski definition) is 1. The van der Waals surface area contributed by atoms with E-state index >= 15 is 0 Å². The molecule has 2 heteroatoms. The van der Waals surface area contributed by atoms with Crippen LogP contribution >= 0.6 is 0 Å². The van der Waals surface area contributed by atoms with Crippen molar-refractivity contribution in [2.24, 2.45) is 5.41 Å². The van der Waals surface area contributed by atoms with Crippen LogP contribution in [0.25, 0.3) is 0 Å². The van der Waals surface area contributed by atoms with Crippen LogP contribution in [0.1, 0.15) is 31.7 Å². The Morgan fingerprint density at radius 2 is 2.38 bits per heavy atom. The average molecular weight is 178 g/mol. The van der Waals surface area contributed by atoms with E-state index in [0.717, 1.165) is 13.1 Å². The Morgan fingerprint density at radius 3 is 2.92 bits per heavy atom. The Kier molecular flexibility index (Phi) is 2.40. The summed E-state index contributed by atoms with van der Waals surface area (Å²) in [4.78, 5) is 3.07. The van der Waals surface area contributed by atoms with Gasteiger partial charge in [-0.25, -0.2) is 0 Å². The molecule has 0 aliphatic heterocycles. The second-order valence-corrected chi connectivity index (χ2v) is 4.49. The number of nitrogens with one attached hydrogen (secondary N) is 2. The third kappa shape index (κ3) is 2.13. The molecular weight excluding hydrogens is 160 g/mol. The van der Waals surface area contributed by atoms with Crippen molar-refractivity contribution in [1.82, 2.24) is 10.3 Å². The molecule has 1 fully saturated rings. The summed E-state index contributed by atoms with van der Waals surface area (Å²) in [6.45, 7) is 4.54. The normalized spacial score (nSPS) is 19.8. The maximum atomic E-state index is 3.51. The highest BCUT2D eigenvalue weighted by Gasteiger charge is 2.30. The molecule has 2 rings (SSSR count). The first kappa shape index (κ1) is 8.82. The van der Waals surface area contributed by atoms with Gasteiger partial charge in [0.1, 0.15) is 0 Å². The highest BCUT2D eigenvalue weighted by atomic mass is 14.9. The summed E-state index contributed by atoms with van der Waals surface area (Å²) in [7, 11) is 0. The van der Waals surface area contributed by atoms with Crippen molar-refractivity contribution in [1.29, 1.82) is 0 Å². The Hall–Kier alpha value is -0.760. The van der Waals surface area contributed by atoms with E-state index in [-0.39, 0.29) is 0 Å². The van der Waals surface area contributed by atoms with Gasteiger partial charge >= 0.3 is 0 Å². The van der Waals surface area contributed by atoms with E-state index in [1.807, 2.05) is 6.20 Å². The van der Waals surface area contributed by atoms with Crippen LogP contribution in [0.2, 0.25) is 0 Å². The lowest BCUT2D eigenvalue weighted by atomic mass is 9.70. The van der Waals surface area contributed by atoms with Crippen LogP contribution in [0.4, 0.5) is 0 Å². The quantitative estimate of drug-likeness (QED) is 0.727. The van der Waals surface area contributed by atoms with Crippen LogP contribution in [0.15, 0.2) is 18.5 Å². The molecule has 1 aromatic rings. The van der Waals surface area contributed by atoms with Crippen molar-refractivity contribution >= 4 is 0 Å². The first-order valence-electron chi connectivity index (χ1n) is 5.11. The third-order valence-corrected chi connectivity index (χ3v) is 3.10. The first-order chi connectivity index (χ1) is 6.29. The molecule has 1 heterocycles. The van der Waals surface area contributed by atoms with Gasteiger partial charge in [-0.3, -0.25) is 0 Å². The van der Waals surface area contributed by atoms with E-state index in [4.69, 9.17) is 0 Å². The van der Waals surface area contributed by atoms with E-state index in [0.29, 0.717) is 5.41 Å². The summed E-state index contributed by atoms with van der Waals surface area (Å²) in [5.74, 6) is 0. The Balaban J connectivity index is 1.69. The van der Waals surface area contributed by atoms with Crippen LogP contribution < -0.4 is 5.32 Å². The molecule has 0 saturated heterocycles. The molecule has 1 aliphatic carbocycles. The summed E-state index contributed by atoms with van der Waals surface area (Å²) in [5.41, 5.74) is 1.94. The van der Waals surface area contributed by atoms with Crippen molar-refractivity contribution in [3.63, 3.8) is 0 Å². The molecular formula is C11H18N2. The van der Waals surface area contributed by atoms with Gasteiger partial charge in [0.05, 0.1) is 0 Å². The fourth-order valence-corrected chi connectivity index (χ4v) is 1.93. The molecule has 0 radical (unpaired) electrons. The zero-order valence-electron chi connectivity index (χ0n) is 8.27. The minimum absolute atomic E-state index is 0.594. The Morgan fingerprint density at radius 1 is 1.54 bits per heavy atom. The minimum atomic E-state index is 0.594. The second-order valence-electron chi connectivity index (χ2n) is 4.49. The number of hydrogen-bond donors (Lipinski definition) is 2. The van der Waals surface area contributed by atoms with E-state index in [2.05, 4.69) is 29.5 Å². The van der Waals surface area contributed by atoms with Crippen molar-refractivity contribution in [2.45, 2.75) is 32.7 Å². The second kappa shape index (κ2) is 3.54. The smallest absolute Gasteiger partial charge is 0.0220 e. The largest absolute Gasteiger partial charge is 0.367 e. The molecule has 13 heavy (non-hydrogen) atoms. The lowest BCUT2D eigenvalue weighted by molar-refractivity contribution is 0.156. The zero-order chi connectivity index (χ0) is 9.15. The summed E-state index contributed by atoms with van der Waals surface area (Å²) < 4.78 is 0. The van der Waals surface area contributed by atoms with Crippen LogP contribution in [0.5, 0.6) is 0 Å². The van der Waals surface area contributed by atoms with Crippen LogP contribution in [-0.2, 0) is 6.54 Å². The van der Waals surface area contributed by atoms with Gasteiger partial charge in [0.2, 0.25) is 0 Å². The molecule has 2 nitrogen and oxygen atoms in total. The van der Waals surface area contributed by atoms with Gasteiger partial charge in [-0.05, 0) is 29.9 Å². The molecule has 2 N–H and O–H groups in total. The summed E-state index contributed by atoms with van der Waals surface area (Å²) >= 11 is 0. The van der Waals surface area contributed by atoms with Gasteiger partial charge < -0.3 is 10.3 Å². The van der Waals surface area contributed by atoms with E-state index in [9.17, 15) is 0 Å². The van der Waals surface area contributed by atoms with Crippen molar-refractivity contribution in [2.75, 3.05) is 6.54 Å². The molecule has 0 aromatic carbocycles. The predicted molar refractivity (Wildman–Crippen MR) is 54.5 cm³/mol. The molecule has 0 bridgehead atoms. The summed E-state index contributed by atoms with van der Waals surface area (Å²) in [5, 5.41) is 3.51. The fourth-order valence-electron chi connectivity index (χ4n) is 1.93. The van der Waals surface area contributed by atoms with Crippen molar-refractivity contribution in [3.05, 3.63) is 24.0 Å². The van der Waals surface area contributed by atoms with Gasteiger partial charge in [-0.1, -0.05) is 13.3 Å². The van der Waals surface area contributed by atoms with E-state index in [1.165, 1.54) is 24.8 Å². The lowest BCUT2D eigenvalue weighted by Gasteiger charge is -2.38. The maximum Gasteiger partial charge on any atom is 0.0220 e. The molecule has 0 amide bonds. The van der Waals surface area contributed by atoms with Crippen LogP contribution in [-0.4, -0.2) is 11.5 Å². The van der Waals surface area contributed by atoms with Gasteiger partial charge in [0.25, 0.3) is 0 Å². The van der Waals surface area contributed by atoms with Crippen LogP contribution in [0, 0.1) is 5.41 Å². The number of aromatic nitrogens is 1. The fraction of sp³-hybridized carbons (Fsp3) is 0.636. The Bertz CT molecular complexity index is 247. The average Bonchev–Trinajstić information content (AvgIpc) is 2.54. The van der Waals surface area contributed by atoms with Gasteiger partial charge in [-0.2, -0.15) is 0 Å². The standard InChI is InChI=1S/C11H18N2/c1-11(4-2-5-11)9-13-8-10-3-6-12-7-10/h3,6-7,12-13H,2,4-5,8-9H2,1H3. The van der Waals surface area contributed by atoms with Gasteiger partial charge in [0.15, 0.2) is 0 Å². The molecule has 0 atom stereocenters. The monoisotopic (exact) mass is 178 g/mol. The molecule has 1 saturated carbocycles. The molecule has 1 aromatic heterocycles. The van der Waals surface area contributed by atoms with Gasteiger partial charge in [-0.15, -0.1) is 0 Å². The highest BCUT2D eigenvalue weighted by Crippen LogP contribution is 2.39. The van der Waals surface area contributed by atoms with Crippen molar-refractivity contribution < 1.29 is 0 Å². The molecule has 72 valence electrons. The van der Waals surface area contributed by atoms with Crippen molar-refractivity contribution in [3.8, 4) is 0 Å². The highest BCUT2D eigenvalue weighted by molar-refractivity contribution is 5.07. The Labute approximate surface area is 79.7 Å². The summed E-state index contributed by atoms with van der Waals surface area (Å²) in [6, 6.07) is 2.12. The number of H-pyrrole nitrogens is 1. The van der Waals surface area contributed by atoms with Gasteiger partial charge in [0, 0.05) is 25.5 Å². The minimum Gasteiger partial charge on any atom is -0.367 e. The SMILES string of the molecule is CC1(CNCc2cc[nH]c2)CCC1. The predicted octanol–water partition coefficient (Wildman–Crippen LogP) is 2.29. The first-order valence-corrected chi connectivity index (χ1v) is 5.11. The molecule has 0 spiro atoms. The van der Waals surface area contributed by atoms with E-state index < -0.39 is 0 Å². The zero-order valence-corrected chi connectivity index (χ0v) is 8.27.